The number of aromatic amines is 1. The monoisotopic (exact) mass is 530 g/mol. The van der Waals surface area contributed by atoms with E-state index in [0.717, 1.165) is 63.4 Å². The molecule has 1 fully saturated rings. The van der Waals surface area contributed by atoms with Gasteiger partial charge in [-0.3, -0.25) is 19.1 Å². The molecule has 12 heteroatoms. The van der Waals surface area contributed by atoms with Crippen molar-refractivity contribution in [3.8, 4) is 11.3 Å². The Hall–Kier alpha value is -4.06. The molecule has 9 nitrogen and oxygen atoms in total. The highest BCUT2D eigenvalue weighted by molar-refractivity contribution is 5.98. The summed E-state index contributed by atoms with van der Waals surface area (Å²) in [6, 6.07) is 8.74. The van der Waals surface area contributed by atoms with Crippen molar-refractivity contribution in [2.45, 2.75) is 25.8 Å². The first-order valence-electron chi connectivity index (χ1n) is 12.3. The number of nitrogens with one attached hydrogen (secondary N) is 1. The largest absolute Gasteiger partial charge is 0.368 e. The van der Waals surface area contributed by atoms with Gasteiger partial charge >= 0.3 is 5.69 Å². The lowest BCUT2D eigenvalue weighted by molar-refractivity contribution is 0.0990. The maximum absolute atomic E-state index is 13.8. The number of piperazine rings is 1. The van der Waals surface area contributed by atoms with Crippen LogP contribution in [0.25, 0.3) is 11.3 Å². The number of hydrogen-bond donors (Lipinski definition) is 3. The van der Waals surface area contributed by atoms with Crippen molar-refractivity contribution in [2.75, 3.05) is 37.6 Å². The van der Waals surface area contributed by atoms with Gasteiger partial charge in [0, 0.05) is 44.0 Å². The smallest absolute Gasteiger partial charge is 0.326 e. The minimum Gasteiger partial charge on any atom is -0.368 e. The highest BCUT2D eigenvalue weighted by Gasteiger charge is 2.23. The minimum absolute atomic E-state index is 0.0762. The van der Waals surface area contributed by atoms with Crippen LogP contribution in [0.2, 0.25) is 0 Å². The number of imidazole rings is 1. The Balaban J connectivity index is 1.33. The van der Waals surface area contributed by atoms with E-state index >= 15 is 0 Å². The van der Waals surface area contributed by atoms with Crippen LogP contribution in [0.15, 0.2) is 41.2 Å². The predicted molar refractivity (Wildman–Crippen MR) is 136 cm³/mol. The maximum Gasteiger partial charge on any atom is 0.326 e. The van der Waals surface area contributed by atoms with E-state index in [-0.39, 0.29) is 23.5 Å². The molecule has 0 spiro atoms. The van der Waals surface area contributed by atoms with Crippen molar-refractivity contribution >= 4 is 17.5 Å². The van der Waals surface area contributed by atoms with Gasteiger partial charge in [0.25, 0.3) is 11.8 Å². The molecule has 0 aliphatic carbocycles. The van der Waals surface area contributed by atoms with Crippen LogP contribution in [0.3, 0.4) is 0 Å². The van der Waals surface area contributed by atoms with E-state index in [9.17, 15) is 27.6 Å². The predicted octanol–water partition coefficient (Wildman–Crippen LogP) is 2.45. The minimum atomic E-state index is -1.64. The summed E-state index contributed by atoms with van der Waals surface area (Å²) in [5.74, 6) is -5.94. The quantitative estimate of drug-likeness (QED) is 0.274. The van der Waals surface area contributed by atoms with Crippen LogP contribution in [0, 0.1) is 17.5 Å². The summed E-state index contributed by atoms with van der Waals surface area (Å²) in [5.41, 5.74) is 11.0. The zero-order valence-corrected chi connectivity index (χ0v) is 20.7. The Bertz CT molecular complexity index is 1370. The van der Waals surface area contributed by atoms with Crippen molar-refractivity contribution in [2.24, 2.45) is 11.5 Å². The third-order valence-corrected chi connectivity index (χ3v) is 6.73. The van der Waals surface area contributed by atoms with E-state index in [0.29, 0.717) is 12.0 Å². The van der Waals surface area contributed by atoms with Crippen LogP contribution in [0.5, 0.6) is 0 Å². The standard InChI is InChI=1S/C26H29F3N6O3/c27-18-14-16(15-19(28)21(18)29)23-22(25(31)37)32-26(38)35(23)9-5-1-4-8-33-10-12-34(13-11-33)20-7-3-2-6-17(20)24(30)36/h2-3,6-7,14-15H,1,4-5,8-13H2,(H2,30,36)(H2,31,37)(H,32,38). The highest BCUT2D eigenvalue weighted by atomic mass is 19.2. The van der Waals surface area contributed by atoms with Crippen molar-refractivity contribution < 1.29 is 22.8 Å². The molecule has 1 aliphatic heterocycles. The fourth-order valence-corrected chi connectivity index (χ4v) is 4.81. The van der Waals surface area contributed by atoms with Crippen molar-refractivity contribution in [1.82, 2.24) is 14.5 Å². The number of H-pyrrole nitrogens is 1. The van der Waals surface area contributed by atoms with Crippen LogP contribution in [-0.4, -0.2) is 59.0 Å². The second kappa shape index (κ2) is 11.5. The molecule has 0 bridgehead atoms. The number of primary amides is 2. The van der Waals surface area contributed by atoms with Crippen molar-refractivity contribution in [3.05, 3.63) is 75.6 Å². The maximum atomic E-state index is 13.8. The molecule has 202 valence electrons. The molecular weight excluding hydrogens is 501 g/mol. The topological polar surface area (TPSA) is 130 Å². The molecule has 0 radical (unpaired) electrons. The number of para-hydroxylation sites is 1. The summed E-state index contributed by atoms with van der Waals surface area (Å²) in [5, 5.41) is 0. The zero-order chi connectivity index (χ0) is 27.4. The fraction of sp³-hybridized carbons (Fsp3) is 0.346. The molecule has 0 saturated carbocycles. The fourth-order valence-electron chi connectivity index (χ4n) is 4.81. The Morgan fingerprint density at radius 3 is 2.13 bits per heavy atom. The molecule has 2 aromatic carbocycles. The van der Waals surface area contributed by atoms with Gasteiger partial charge in [-0.15, -0.1) is 0 Å². The third kappa shape index (κ3) is 5.75. The van der Waals surface area contributed by atoms with Crippen molar-refractivity contribution in [3.63, 3.8) is 0 Å². The summed E-state index contributed by atoms with van der Waals surface area (Å²) >= 11 is 0. The summed E-state index contributed by atoms with van der Waals surface area (Å²) < 4.78 is 42.3. The third-order valence-electron chi connectivity index (χ3n) is 6.73. The van der Waals surface area contributed by atoms with Gasteiger partial charge in [-0.2, -0.15) is 0 Å². The first kappa shape index (κ1) is 27.0. The van der Waals surface area contributed by atoms with Crippen molar-refractivity contribution in [1.29, 1.82) is 0 Å². The van der Waals surface area contributed by atoms with E-state index in [1.807, 2.05) is 12.1 Å². The first-order valence-corrected chi connectivity index (χ1v) is 12.3. The van der Waals surface area contributed by atoms with Crippen LogP contribution >= 0.6 is 0 Å². The summed E-state index contributed by atoms with van der Waals surface area (Å²) in [7, 11) is 0. The number of rotatable bonds is 10. The second-order valence-corrected chi connectivity index (χ2v) is 9.19. The molecule has 2 heterocycles. The Labute approximate surface area is 216 Å². The number of hydrogen-bond acceptors (Lipinski definition) is 5. The van der Waals surface area contributed by atoms with E-state index in [1.54, 1.807) is 12.1 Å². The van der Waals surface area contributed by atoms with E-state index in [2.05, 4.69) is 14.8 Å². The lowest BCUT2D eigenvalue weighted by Gasteiger charge is -2.36. The van der Waals surface area contributed by atoms with E-state index in [4.69, 9.17) is 11.5 Å². The number of anilines is 1. The van der Waals surface area contributed by atoms with Gasteiger partial charge < -0.3 is 21.4 Å². The Kier molecular flexibility index (Phi) is 8.20. The summed E-state index contributed by atoms with van der Waals surface area (Å²) in [6.45, 7) is 4.16. The number of benzene rings is 2. The summed E-state index contributed by atoms with van der Waals surface area (Å²) in [6.07, 6.45) is 2.15. The number of amides is 2. The van der Waals surface area contributed by atoms with Crippen LogP contribution in [-0.2, 0) is 6.54 Å². The molecule has 1 aromatic heterocycles. The van der Waals surface area contributed by atoms with E-state index < -0.39 is 35.0 Å². The zero-order valence-electron chi connectivity index (χ0n) is 20.7. The highest BCUT2D eigenvalue weighted by Crippen LogP contribution is 2.26. The number of carbonyl (C=O) groups is 2. The number of halogens is 3. The molecular formula is C26H29F3N6O3. The molecule has 3 aromatic rings. The Morgan fingerprint density at radius 2 is 1.50 bits per heavy atom. The molecule has 5 N–H and O–H groups in total. The second-order valence-electron chi connectivity index (χ2n) is 9.19. The van der Waals surface area contributed by atoms with Gasteiger partial charge in [0.1, 0.15) is 5.69 Å². The molecule has 0 atom stereocenters. The average molecular weight is 531 g/mol. The number of nitrogens with zero attached hydrogens (tertiary/aromatic N) is 3. The van der Waals surface area contributed by atoms with Gasteiger partial charge in [0.2, 0.25) is 0 Å². The molecule has 1 aliphatic rings. The number of unbranched alkanes of at least 4 members (excludes halogenated alkanes) is 2. The molecule has 1 saturated heterocycles. The van der Waals surface area contributed by atoms with Gasteiger partial charge in [-0.25, -0.2) is 18.0 Å². The number of nitrogens with two attached hydrogens (primary N) is 2. The van der Waals surface area contributed by atoms with Gasteiger partial charge in [-0.1, -0.05) is 18.6 Å². The molecule has 2 amide bonds. The average Bonchev–Trinajstić information content (AvgIpc) is 3.23. The number of aromatic nitrogens is 2. The lowest BCUT2D eigenvalue weighted by atomic mass is 10.1. The SMILES string of the molecule is NC(=O)c1ccccc1N1CCN(CCCCCn2c(-c3cc(F)c(F)c(F)c3)c(C(N)=O)[nH]c2=O)CC1. The molecule has 0 unspecified atom stereocenters. The van der Waals surface area contributed by atoms with Crippen LogP contribution in [0.4, 0.5) is 18.9 Å². The van der Waals surface area contributed by atoms with Gasteiger partial charge in [0.15, 0.2) is 17.5 Å². The van der Waals surface area contributed by atoms with Gasteiger partial charge in [0.05, 0.1) is 11.3 Å². The number of carbonyl (C=O) groups excluding carboxylic acids is 2. The first-order chi connectivity index (χ1) is 18.2. The summed E-state index contributed by atoms with van der Waals surface area (Å²) in [4.78, 5) is 42.9. The van der Waals surface area contributed by atoms with Crippen LogP contribution < -0.4 is 22.1 Å². The normalized spacial score (nSPS) is 14.1. The van der Waals surface area contributed by atoms with Crippen LogP contribution in [0.1, 0.15) is 40.1 Å². The van der Waals surface area contributed by atoms with E-state index in [1.165, 1.54) is 4.57 Å². The Morgan fingerprint density at radius 1 is 0.868 bits per heavy atom. The molecule has 38 heavy (non-hydrogen) atoms. The lowest BCUT2D eigenvalue weighted by Crippen LogP contribution is -2.47. The molecule has 4 rings (SSSR count). The van der Waals surface area contributed by atoms with Gasteiger partial charge in [-0.05, 0) is 43.7 Å².